The molecule has 0 bridgehead atoms. The van der Waals surface area contributed by atoms with E-state index in [0.29, 0.717) is 0 Å². The standard InChI is InChI=1S/C40H83NO2/c1-5-7-9-11-13-15-17-19-21-23-25-27-29-31-33-35-37-42-39(3)41-40(4)43-38-36-34-32-30-28-26-24-22-20-18-16-14-12-10-8-6-2/h39-41H,5-38H2,1-4H3. The van der Waals surface area contributed by atoms with Crippen molar-refractivity contribution >= 4 is 0 Å². The molecule has 0 saturated heterocycles. The molecule has 0 saturated carbocycles. The zero-order chi connectivity index (χ0) is 31.3. The monoisotopic (exact) mass is 610 g/mol. The highest BCUT2D eigenvalue weighted by Crippen LogP contribution is 2.15. The van der Waals surface area contributed by atoms with Gasteiger partial charge in [0, 0.05) is 13.2 Å². The molecular weight excluding hydrogens is 526 g/mol. The average Bonchev–Trinajstić information content (AvgIpc) is 3.00. The van der Waals surface area contributed by atoms with Gasteiger partial charge in [0.15, 0.2) is 0 Å². The van der Waals surface area contributed by atoms with Gasteiger partial charge in [-0.1, -0.05) is 206 Å². The first kappa shape index (κ1) is 42.9. The van der Waals surface area contributed by atoms with E-state index in [1.54, 1.807) is 0 Å². The molecule has 0 fully saturated rings. The minimum absolute atomic E-state index is 0.0668. The first-order valence-electron chi connectivity index (χ1n) is 20.2. The average molecular weight is 610 g/mol. The van der Waals surface area contributed by atoms with Gasteiger partial charge >= 0.3 is 0 Å². The molecular formula is C40H83NO2. The fraction of sp³-hybridized carbons (Fsp3) is 1.00. The summed E-state index contributed by atoms with van der Waals surface area (Å²) < 4.78 is 12.0. The lowest BCUT2D eigenvalue weighted by atomic mass is 10.0. The molecule has 1 N–H and O–H groups in total. The van der Waals surface area contributed by atoms with Gasteiger partial charge in [0.25, 0.3) is 0 Å². The maximum Gasteiger partial charge on any atom is 0.107 e. The zero-order valence-electron chi connectivity index (χ0n) is 30.5. The van der Waals surface area contributed by atoms with Gasteiger partial charge in [-0.15, -0.1) is 0 Å². The Hall–Kier alpha value is -0.120. The number of ether oxygens (including phenoxy) is 2. The van der Waals surface area contributed by atoms with E-state index in [-0.39, 0.29) is 12.5 Å². The summed E-state index contributed by atoms with van der Waals surface area (Å²) in [5.74, 6) is 0. The maximum atomic E-state index is 5.98. The van der Waals surface area contributed by atoms with Gasteiger partial charge < -0.3 is 9.47 Å². The molecule has 0 aliphatic rings. The summed E-state index contributed by atoms with van der Waals surface area (Å²) in [5.41, 5.74) is 0. The van der Waals surface area contributed by atoms with Gasteiger partial charge in [0.05, 0.1) is 0 Å². The van der Waals surface area contributed by atoms with Crippen LogP contribution in [0.4, 0.5) is 0 Å². The van der Waals surface area contributed by atoms with Crippen molar-refractivity contribution < 1.29 is 9.47 Å². The smallest absolute Gasteiger partial charge is 0.107 e. The van der Waals surface area contributed by atoms with Crippen molar-refractivity contribution in [3.8, 4) is 0 Å². The lowest BCUT2D eigenvalue weighted by Crippen LogP contribution is -2.38. The molecule has 0 aliphatic carbocycles. The summed E-state index contributed by atoms with van der Waals surface area (Å²) in [6, 6.07) is 0. The SMILES string of the molecule is CCCCCCCCCCCCCCCCCCOC(C)NC(C)OCCCCCCCCCCCCCCCCCC. The van der Waals surface area contributed by atoms with Gasteiger partial charge in [0.2, 0.25) is 0 Å². The fourth-order valence-corrected chi connectivity index (χ4v) is 6.25. The van der Waals surface area contributed by atoms with E-state index < -0.39 is 0 Å². The number of nitrogens with one attached hydrogen (secondary N) is 1. The third-order valence-electron chi connectivity index (χ3n) is 9.20. The number of rotatable bonds is 38. The lowest BCUT2D eigenvalue weighted by Gasteiger charge is -2.21. The fourth-order valence-electron chi connectivity index (χ4n) is 6.25. The molecule has 0 amide bonds. The van der Waals surface area contributed by atoms with Gasteiger partial charge in [-0.25, -0.2) is 0 Å². The minimum atomic E-state index is 0.0668. The van der Waals surface area contributed by atoms with Crippen molar-refractivity contribution in [3.05, 3.63) is 0 Å². The Balaban J connectivity index is 3.25. The van der Waals surface area contributed by atoms with E-state index in [1.807, 2.05) is 0 Å². The molecule has 0 spiro atoms. The van der Waals surface area contributed by atoms with Crippen LogP contribution in [0.1, 0.15) is 233 Å². The van der Waals surface area contributed by atoms with Crippen LogP contribution in [0.5, 0.6) is 0 Å². The molecule has 43 heavy (non-hydrogen) atoms. The second-order valence-corrected chi connectivity index (χ2v) is 13.8. The number of hydrogen-bond donors (Lipinski definition) is 1. The summed E-state index contributed by atoms with van der Waals surface area (Å²) in [5, 5.41) is 3.44. The van der Waals surface area contributed by atoms with Crippen LogP contribution in [0.25, 0.3) is 0 Å². The third kappa shape index (κ3) is 38.0. The van der Waals surface area contributed by atoms with Crippen molar-refractivity contribution in [1.29, 1.82) is 0 Å². The Bertz CT molecular complexity index is 443. The predicted octanol–water partition coefficient (Wildman–Crippen LogP) is 13.8. The minimum Gasteiger partial charge on any atom is -0.364 e. The Morgan fingerprint density at radius 1 is 0.302 bits per heavy atom. The molecule has 2 atom stereocenters. The van der Waals surface area contributed by atoms with Crippen LogP contribution in [-0.4, -0.2) is 25.7 Å². The summed E-state index contributed by atoms with van der Waals surface area (Å²) in [6.45, 7) is 10.5. The second kappa shape index (κ2) is 38.1. The Morgan fingerprint density at radius 3 is 0.698 bits per heavy atom. The van der Waals surface area contributed by atoms with E-state index in [4.69, 9.17) is 9.47 Å². The van der Waals surface area contributed by atoms with Crippen LogP contribution < -0.4 is 5.32 Å². The Labute approximate surface area is 273 Å². The van der Waals surface area contributed by atoms with E-state index in [0.717, 1.165) is 13.2 Å². The summed E-state index contributed by atoms with van der Waals surface area (Å²) in [6.07, 6.45) is 45.2. The topological polar surface area (TPSA) is 30.5 Å². The van der Waals surface area contributed by atoms with Crippen molar-refractivity contribution in [3.63, 3.8) is 0 Å². The van der Waals surface area contributed by atoms with Crippen LogP contribution >= 0.6 is 0 Å². The highest BCUT2D eigenvalue weighted by molar-refractivity contribution is 4.54. The Kier molecular flexibility index (Phi) is 38.0. The summed E-state index contributed by atoms with van der Waals surface area (Å²) in [7, 11) is 0. The zero-order valence-corrected chi connectivity index (χ0v) is 30.5. The van der Waals surface area contributed by atoms with Crippen molar-refractivity contribution in [1.82, 2.24) is 5.32 Å². The predicted molar refractivity (Wildman–Crippen MR) is 193 cm³/mol. The van der Waals surface area contributed by atoms with E-state index in [1.165, 1.54) is 205 Å². The van der Waals surface area contributed by atoms with Crippen LogP contribution in [-0.2, 0) is 9.47 Å². The molecule has 0 rings (SSSR count). The molecule has 3 heteroatoms. The van der Waals surface area contributed by atoms with Gasteiger partial charge in [-0.3, -0.25) is 5.32 Å². The maximum absolute atomic E-state index is 5.98. The van der Waals surface area contributed by atoms with Crippen molar-refractivity contribution in [2.45, 2.75) is 246 Å². The largest absolute Gasteiger partial charge is 0.364 e. The van der Waals surface area contributed by atoms with Crippen molar-refractivity contribution in [2.75, 3.05) is 13.2 Å². The molecule has 3 nitrogen and oxygen atoms in total. The summed E-state index contributed by atoms with van der Waals surface area (Å²) in [4.78, 5) is 0. The third-order valence-corrected chi connectivity index (χ3v) is 9.20. The highest BCUT2D eigenvalue weighted by atomic mass is 16.5. The molecule has 0 heterocycles. The first-order chi connectivity index (χ1) is 21.2. The van der Waals surface area contributed by atoms with Crippen LogP contribution in [0.3, 0.4) is 0 Å². The highest BCUT2D eigenvalue weighted by Gasteiger charge is 2.07. The van der Waals surface area contributed by atoms with E-state index >= 15 is 0 Å². The van der Waals surface area contributed by atoms with E-state index in [9.17, 15) is 0 Å². The van der Waals surface area contributed by atoms with Crippen molar-refractivity contribution in [2.24, 2.45) is 0 Å². The molecule has 2 unspecified atom stereocenters. The molecule has 0 aromatic carbocycles. The van der Waals surface area contributed by atoms with Gasteiger partial charge in [0.1, 0.15) is 12.5 Å². The molecule has 0 aromatic heterocycles. The summed E-state index contributed by atoms with van der Waals surface area (Å²) >= 11 is 0. The van der Waals surface area contributed by atoms with Crippen LogP contribution in [0.15, 0.2) is 0 Å². The molecule has 0 aliphatic heterocycles. The van der Waals surface area contributed by atoms with E-state index in [2.05, 4.69) is 33.0 Å². The van der Waals surface area contributed by atoms with Gasteiger partial charge in [-0.2, -0.15) is 0 Å². The van der Waals surface area contributed by atoms with Crippen LogP contribution in [0.2, 0.25) is 0 Å². The van der Waals surface area contributed by atoms with Gasteiger partial charge in [-0.05, 0) is 26.7 Å². The number of unbranched alkanes of at least 4 members (excludes halogenated alkanes) is 30. The first-order valence-corrected chi connectivity index (χ1v) is 20.2. The second-order valence-electron chi connectivity index (χ2n) is 13.8. The normalized spacial score (nSPS) is 13.1. The number of hydrogen-bond acceptors (Lipinski definition) is 3. The molecule has 0 aromatic rings. The molecule has 0 radical (unpaired) electrons. The lowest BCUT2D eigenvalue weighted by molar-refractivity contribution is -0.0321. The molecule has 260 valence electrons. The quantitative estimate of drug-likeness (QED) is 0.0558. The van der Waals surface area contributed by atoms with Crippen LogP contribution in [0, 0.1) is 0 Å². The Morgan fingerprint density at radius 2 is 0.488 bits per heavy atom.